The Labute approximate surface area is 101 Å². The van der Waals surface area contributed by atoms with Gasteiger partial charge in [0.15, 0.2) is 0 Å². The standard InChI is InChI=1S/C13H20BrN/c1-9(2)8-10(3)15-13-7-5-6-12(14)11(13)4/h5-7,9-10,15H,8H2,1-4H3. The van der Waals surface area contributed by atoms with Crippen LogP contribution in [0.1, 0.15) is 32.8 Å². The predicted octanol–water partition coefficient (Wildman–Crippen LogP) is 4.60. The van der Waals surface area contributed by atoms with E-state index in [1.807, 2.05) is 0 Å². The van der Waals surface area contributed by atoms with Crippen LogP contribution >= 0.6 is 15.9 Å². The number of rotatable bonds is 4. The normalized spacial score (nSPS) is 12.9. The van der Waals surface area contributed by atoms with Crippen LogP contribution in [0.15, 0.2) is 22.7 Å². The van der Waals surface area contributed by atoms with E-state index in [1.54, 1.807) is 0 Å². The van der Waals surface area contributed by atoms with Crippen molar-refractivity contribution in [2.24, 2.45) is 5.92 Å². The molecule has 0 radical (unpaired) electrons. The SMILES string of the molecule is Cc1c(Br)cccc1NC(C)CC(C)C. The fourth-order valence-electron chi connectivity index (χ4n) is 1.80. The second-order valence-corrected chi connectivity index (χ2v) is 5.44. The van der Waals surface area contributed by atoms with E-state index >= 15 is 0 Å². The Kier molecular flexibility index (Phi) is 4.65. The third-order valence-corrected chi connectivity index (χ3v) is 3.35. The highest BCUT2D eigenvalue weighted by molar-refractivity contribution is 9.10. The van der Waals surface area contributed by atoms with Crippen LogP contribution in [0, 0.1) is 12.8 Å². The summed E-state index contributed by atoms with van der Waals surface area (Å²) in [7, 11) is 0. The second kappa shape index (κ2) is 5.55. The van der Waals surface area contributed by atoms with Crippen molar-refractivity contribution in [3.8, 4) is 0 Å². The first-order valence-electron chi connectivity index (χ1n) is 5.52. The predicted molar refractivity (Wildman–Crippen MR) is 71.4 cm³/mol. The molecule has 0 aromatic heterocycles. The Balaban J connectivity index is 2.68. The van der Waals surface area contributed by atoms with Crippen LogP contribution in [0.25, 0.3) is 0 Å². The molecule has 1 aromatic carbocycles. The molecule has 0 fully saturated rings. The highest BCUT2D eigenvalue weighted by atomic mass is 79.9. The van der Waals surface area contributed by atoms with Crippen LogP contribution in [0.2, 0.25) is 0 Å². The molecule has 0 saturated carbocycles. The fraction of sp³-hybridized carbons (Fsp3) is 0.538. The molecule has 0 aliphatic heterocycles. The molecule has 1 N–H and O–H groups in total. The average Bonchev–Trinajstić information content (AvgIpc) is 2.11. The maximum absolute atomic E-state index is 3.55. The van der Waals surface area contributed by atoms with Gasteiger partial charge in [-0.25, -0.2) is 0 Å². The molecule has 0 saturated heterocycles. The molecule has 84 valence electrons. The summed E-state index contributed by atoms with van der Waals surface area (Å²) in [5, 5.41) is 3.55. The lowest BCUT2D eigenvalue weighted by atomic mass is 10.0. The first-order valence-corrected chi connectivity index (χ1v) is 6.31. The first kappa shape index (κ1) is 12.6. The largest absolute Gasteiger partial charge is 0.382 e. The van der Waals surface area contributed by atoms with Crippen LogP contribution < -0.4 is 5.32 Å². The molecule has 0 spiro atoms. The molecule has 1 nitrogen and oxygen atoms in total. The summed E-state index contributed by atoms with van der Waals surface area (Å²) in [4.78, 5) is 0. The van der Waals surface area contributed by atoms with Gasteiger partial charge in [-0.1, -0.05) is 35.8 Å². The molecule has 0 amide bonds. The van der Waals surface area contributed by atoms with E-state index in [0.29, 0.717) is 6.04 Å². The lowest BCUT2D eigenvalue weighted by Crippen LogP contribution is -2.18. The minimum atomic E-state index is 0.526. The Morgan fingerprint density at radius 2 is 1.93 bits per heavy atom. The smallest absolute Gasteiger partial charge is 0.0383 e. The van der Waals surface area contributed by atoms with Crippen LogP contribution in [-0.4, -0.2) is 6.04 Å². The molecule has 1 unspecified atom stereocenters. The van der Waals surface area contributed by atoms with E-state index in [4.69, 9.17) is 0 Å². The van der Waals surface area contributed by atoms with Crippen LogP contribution in [0.3, 0.4) is 0 Å². The Morgan fingerprint density at radius 3 is 2.53 bits per heavy atom. The molecule has 1 aromatic rings. The van der Waals surface area contributed by atoms with Crippen LogP contribution in [0.4, 0.5) is 5.69 Å². The lowest BCUT2D eigenvalue weighted by Gasteiger charge is -2.19. The van der Waals surface area contributed by atoms with E-state index in [2.05, 4.69) is 67.1 Å². The molecule has 2 heteroatoms. The van der Waals surface area contributed by atoms with E-state index in [1.165, 1.54) is 22.1 Å². The van der Waals surface area contributed by atoms with Gasteiger partial charge in [0.05, 0.1) is 0 Å². The average molecular weight is 270 g/mol. The summed E-state index contributed by atoms with van der Waals surface area (Å²) in [5.41, 5.74) is 2.52. The zero-order chi connectivity index (χ0) is 11.4. The summed E-state index contributed by atoms with van der Waals surface area (Å²) >= 11 is 3.55. The van der Waals surface area contributed by atoms with Gasteiger partial charge in [0.1, 0.15) is 0 Å². The fourth-order valence-corrected chi connectivity index (χ4v) is 2.16. The summed E-state index contributed by atoms with van der Waals surface area (Å²) in [5.74, 6) is 0.736. The van der Waals surface area contributed by atoms with Crippen LogP contribution in [-0.2, 0) is 0 Å². The van der Waals surface area contributed by atoms with Crippen LogP contribution in [0.5, 0.6) is 0 Å². The molecule has 1 rings (SSSR count). The zero-order valence-electron chi connectivity index (χ0n) is 9.97. The molecule has 0 aliphatic carbocycles. The maximum Gasteiger partial charge on any atom is 0.0383 e. The van der Waals surface area contributed by atoms with Gasteiger partial charge in [0.25, 0.3) is 0 Å². The van der Waals surface area contributed by atoms with Gasteiger partial charge < -0.3 is 5.32 Å². The van der Waals surface area contributed by atoms with E-state index < -0.39 is 0 Å². The molecular formula is C13H20BrN. The molecular weight excluding hydrogens is 250 g/mol. The quantitative estimate of drug-likeness (QED) is 0.842. The van der Waals surface area contributed by atoms with Gasteiger partial charge in [0.2, 0.25) is 0 Å². The van der Waals surface area contributed by atoms with Crippen molar-refractivity contribution in [1.82, 2.24) is 0 Å². The van der Waals surface area contributed by atoms with Crippen molar-refractivity contribution >= 4 is 21.6 Å². The van der Waals surface area contributed by atoms with E-state index in [9.17, 15) is 0 Å². The van der Waals surface area contributed by atoms with Crippen molar-refractivity contribution in [2.45, 2.75) is 40.2 Å². The summed E-state index contributed by atoms with van der Waals surface area (Å²) in [6.45, 7) is 8.88. The Bertz CT molecular complexity index is 320. The van der Waals surface area contributed by atoms with Gasteiger partial charge >= 0.3 is 0 Å². The number of benzene rings is 1. The molecule has 0 heterocycles. The van der Waals surface area contributed by atoms with Gasteiger partial charge in [-0.05, 0) is 43.9 Å². The lowest BCUT2D eigenvalue weighted by molar-refractivity contribution is 0.539. The minimum Gasteiger partial charge on any atom is -0.382 e. The Hall–Kier alpha value is -0.500. The first-order chi connectivity index (χ1) is 7.00. The monoisotopic (exact) mass is 269 g/mol. The van der Waals surface area contributed by atoms with Gasteiger partial charge in [-0.15, -0.1) is 0 Å². The number of hydrogen-bond acceptors (Lipinski definition) is 1. The molecule has 1 atom stereocenters. The summed E-state index contributed by atoms with van der Waals surface area (Å²) in [6.07, 6.45) is 1.20. The van der Waals surface area contributed by atoms with Gasteiger partial charge in [0, 0.05) is 16.2 Å². The topological polar surface area (TPSA) is 12.0 Å². The highest BCUT2D eigenvalue weighted by Gasteiger charge is 2.07. The van der Waals surface area contributed by atoms with Crippen molar-refractivity contribution in [3.05, 3.63) is 28.2 Å². The van der Waals surface area contributed by atoms with Gasteiger partial charge in [-0.2, -0.15) is 0 Å². The van der Waals surface area contributed by atoms with Crippen molar-refractivity contribution < 1.29 is 0 Å². The van der Waals surface area contributed by atoms with Crippen molar-refractivity contribution in [1.29, 1.82) is 0 Å². The van der Waals surface area contributed by atoms with E-state index in [-0.39, 0.29) is 0 Å². The minimum absolute atomic E-state index is 0.526. The molecule has 0 aliphatic rings. The second-order valence-electron chi connectivity index (χ2n) is 4.59. The summed E-state index contributed by atoms with van der Waals surface area (Å²) in [6, 6.07) is 6.81. The Morgan fingerprint density at radius 1 is 1.27 bits per heavy atom. The molecule has 15 heavy (non-hydrogen) atoms. The third-order valence-electron chi connectivity index (χ3n) is 2.49. The van der Waals surface area contributed by atoms with Crippen molar-refractivity contribution in [2.75, 3.05) is 5.32 Å². The number of nitrogens with one attached hydrogen (secondary N) is 1. The highest BCUT2D eigenvalue weighted by Crippen LogP contribution is 2.24. The summed E-state index contributed by atoms with van der Waals surface area (Å²) < 4.78 is 1.17. The van der Waals surface area contributed by atoms with E-state index in [0.717, 1.165) is 5.92 Å². The molecule has 0 bridgehead atoms. The number of hydrogen-bond donors (Lipinski definition) is 1. The zero-order valence-corrected chi connectivity index (χ0v) is 11.6. The number of anilines is 1. The van der Waals surface area contributed by atoms with Crippen molar-refractivity contribution in [3.63, 3.8) is 0 Å². The third kappa shape index (κ3) is 3.86. The number of halogens is 1. The van der Waals surface area contributed by atoms with Gasteiger partial charge in [-0.3, -0.25) is 0 Å². The maximum atomic E-state index is 3.55.